The van der Waals surface area contributed by atoms with Crippen LogP contribution in [0, 0.1) is 0 Å². The standard InChI is InChI=1S/C11H11ClF3N3O2/c12-5-8(17-18-10(16)19)6-20-9-3-1-2-7(4-9)11(13,14)15/h1-4H,5-6H2,(H3,16,18,19). The van der Waals surface area contributed by atoms with Gasteiger partial charge in [-0.1, -0.05) is 6.07 Å². The number of nitrogens with two attached hydrogens (primary N) is 1. The van der Waals surface area contributed by atoms with Gasteiger partial charge in [0.1, 0.15) is 12.4 Å². The largest absolute Gasteiger partial charge is 0.488 e. The minimum Gasteiger partial charge on any atom is -0.488 e. The smallest absolute Gasteiger partial charge is 0.416 e. The van der Waals surface area contributed by atoms with Crippen LogP contribution in [0.3, 0.4) is 0 Å². The van der Waals surface area contributed by atoms with Crippen molar-refractivity contribution in [1.29, 1.82) is 0 Å². The van der Waals surface area contributed by atoms with E-state index in [1.165, 1.54) is 12.1 Å². The predicted molar refractivity (Wildman–Crippen MR) is 67.8 cm³/mol. The number of carbonyl (C=O) groups is 1. The van der Waals surface area contributed by atoms with Gasteiger partial charge in [0.2, 0.25) is 0 Å². The molecule has 0 fully saturated rings. The van der Waals surface area contributed by atoms with E-state index >= 15 is 0 Å². The molecule has 0 radical (unpaired) electrons. The second kappa shape index (κ2) is 6.99. The van der Waals surface area contributed by atoms with Crippen molar-refractivity contribution in [2.45, 2.75) is 6.18 Å². The van der Waals surface area contributed by atoms with E-state index in [9.17, 15) is 18.0 Å². The lowest BCUT2D eigenvalue weighted by Gasteiger charge is -2.10. The van der Waals surface area contributed by atoms with Crippen LogP contribution in [0.5, 0.6) is 5.75 Å². The lowest BCUT2D eigenvalue weighted by molar-refractivity contribution is -0.137. The summed E-state index contributed by atoms with van der Waals surface area (Å²) in [6.45, 7) is -0.176. The highest BCUT2D eigenvalue weighted by Gasteiger charge is 2.30. The first-order chi connectivity index (χ1) is 9.32. The summed E-state index contributed by atoms with van der Waals surface area (Å²) < 4.78 is 42.6. The molecule has 0 atom stereocenters. The zero-order valence-electron chi connectivity index (χ0n) is 10.1. The zero-order chi connectivity index (χ0) is 15.2. The van der Waals surface area contributed by atoms with Crippen LogP contribution in [0.2, 0.25) is 0 Å². The molecule has 5 nitrogen and oxygen atoms in total. The number of hydrogen-bond donors (Lipinski definition) is 2. The van der Waals surface area contributed by atoms with Gasteiger partial charge in [0, 0.05) is 0 Å². The van der Waals surface area contributed by atoms with Gasteiger partial charge in [0.15, 0.2) is 0 Å². The first kappa shape index (κ1) is 16.1. The summed E-state index contributed by atoms with van der Waals surface area (Å²) in [5, 5.41) is 3.54. The maximum Gasteiger partial charge on any atom is 0.416 e. The Morgan fingerprint density at radius 2 is 2.15 bits per heavy atom. The molecule has 3 N–H and O–H groups in total. The van der Waals surface area contributed by atoms with E-state index in [1.54, 1.807) is 0 Å². The summed E-state index contributed by atoms with van der Waals surface area (Å²) in [7, 11) is 0. The minimum atomic E-state index is -4.45. The van der Waals surface area contributed by atoms with Crippen molar-refractivity contribution >= 4 is 23.3 Å². The molecule has 0 unspecified atom stereocenters. The quantitative estimate of drug-likeness (QED) is 0.497. The molecule has 1 aromatic carbocycles. The highest BCUT2D eigenvalue weighted by molar-refractivity contribution is 6.28. The molecule has 0 aromatic heterocycles. The fraction of sp³-hybridized carbons (Fsp3) is 0.273. The first-order valence-electron chi connectivity index (χ1n) is 5.30. The van der Waals surface area contributed by atoms with Crippen LogP contribution >= 0.6 is 11.6 Å². The van der Waals surface area contributed by atoms with E-state index in [2.05, 4.69) is 5.10 Å². The second-order valence-electron chi connectivity index (χ2n) is 3.60. The Balaban J connectivity index is 2.69. The number of amides is 2. The number of carbonyl (C=O) groups excluding carboxylic acids is 1. The molecule has 0 heterocycles. The average Bonchev–Trinajstić information content (AvgIpc) is 2.38. The maximum atomic E-state index is 12.5. The third-order valence-corrected chi connectivity index (χ3v) is 2.35. The van der Waals surface area contributed by atoms with Crippen LogP contribution in [0.4, 0.5) is 18.0 Å². The summed E-state index contributed by atoms with van der Waals surface area (Å²) in [6, 6.07) is 3.48. The average molecular weight is 310 g/mol. The molecule has 0 bridgehead atoms. The van der Waals surface area contributed by atoms with E-state index in [4.69, 9.17) is 22.1 Å². The summed E-state index contributed by atoms with van der Waals surface area (Å²) in [5.41, 5.74) is 6.14. The zero-order valence-corrected chi connectivity index (χ0v) is 10.8. The Morgan fingerprint density at radius 1 is 1.45 bits per heavy atom. The number of primary amides is 1. The Morgan fingerprint density at radius 3 is 2.70 bits per heavy atom. The molecule has 0 aliphatic carbocycles. The topological polar surface area (TPSA) is 76.7 Å². The third-order valence-electron chi connectivity index (χ3n) is 2.05. The second-order valence-corrected chi connectivity index (χ2v) is 3.87. The molecule has 9 heteroatoms. The van der Waals surface area contributed by atoms with Crippen molar-refractivity contribution in [2.75, 3.05) is 12.5 Å². The van der Waals surface area contributed by atoms with E-state index in [-0.39, 0.29) is 23.9 Å². The van der Waals surface area contributed by atoms with E-state index in [1.807, 2.05) is 5.43 Å². The molecule has 2 amide bonds. The van der Waals surface area contributed by atoms with Gasteiger partial charge in [0.25, 0.3) is 0 Å². The summed E-state index contributed by atoms with van der Waals surface area (Å²) in [6.07, 6.45) is -4.45. The number of ether oxygens (including phenoxy) is 1. The number of halogens is 4. The minimum absolute atomic E-state index is 0.0108. The van der Waals surface area contributed by atoms with Gasteiger partial charge in [-0.15, -0.1) is 11.6 Å². The molecule has 1 aromatic rings. The molecule has 0 spiro atoms. The molecular weight excluding hydrogens is 299 g/mol. The van der Waals surface area contributed by atoms with Crippen LogP contribution in [0.1, 0.15) is 5.56 Å². The van der Waals surface area contributed by atoms with Crippen LogP contribution in [0.15, 0.2) is 29.4 Å². The molecule has 0 saturated carbocycles. The van der Waals surface area contributed by atoms with Gasteiger partial charge < -0.3 is 10.5 Å². The lowest BCUT2D eigenvalue weighted by Crippen LogP contribution is -2.27. The number of hydrazone groups is 1. The van der Waals surface area contributed by atoms with E-state index in [0.29, 0.717) is 0 Å². The van der Waals surface area contributed by atoms with Crippen molar-refractivity contribution in [3.63, 3.8) is 0 Å². The van der Waals surface area contributed by atoms with Crippen molar-refractivity contribution in [3.8, 4) is 5.75 Å². The molecule has 20 heavy (non-hydrogen) atoms. The number of benzene rings is 1. The molecule has 110 valence electrons. The SMILES string of the molecule is NC(=O)NN=C(CCl)COc1cccc(C(F)(F)F)c1. The predicted octanol–water partition coefficient (Wildman–Crippen LogP) is 2.35. The van der Waals surface area contributed by atoms with Crippen molar-refractivity contribution in [2.24, 2.45) is 10.8 Å². The number of urea groups is 1. The van der Waals surface area contributed by atoms with Gasteiger partial charge in [-0.2, -0.15) is 18.3 Å². The molecule has 1 rings (SSSR count). The first-order valence-corrected chi connectivity index (χ1v) is 5.83. The Kier molecular flexibility index (Phi) is 5.63. The van der Waals surface area contributed by atoms with Gasteiger partial charge in [-0.25, -0.2) is 10.2 Å². The van der Waals surface area contributed by atoms with Crippen molar-refractivity contribution < 1.29 is 22.7 Å². The highest BCUT2D eigenvalue weighted by atomic mass is 35.5. The Bertz CT molecular complexity index is 506. The maximum absolute atomic E-state index is 12.5. The normalized spacial score (nSPS) is 12.1. The lowest BCUT2D eigenvalue weighted by atomic mass is 10.2. The number of alkyl halides is 4. The van der Waals surface area contributed by atoms with Gasteiger partial charge in [-0.05, 0) is 18.2 Å². The van der Waals surface area contributed by atoms with Crippen molar-refractivity contribution in [1.82, 2.24) is 5.43 Å². The van der Waals surface area contributed by atoms with Crippen LogP contribution in [-0.4, -0.2) is 24.2 Å². The fourth-order valence-electron chi connectivity index (χ4n) is 1.16. The van der Waals surface area contributed by atoms with Gasteiger partial charge >= 0.3 is 12.2 Å². The molecule has 0 saturated heterocycles. The van der Waals surface area contributed by atoms with Crippen LogP contribution in [-0.2, 0) is 6.18 Å². The summed E-state index contributed by atoms with van der Waals surface area (Å²) >= 11 is 5.54. The third kappa shape index (κ3) is 5.35. The monoisotopic (exact) mass is 309 g/mol. The van der Waals surface area contributed by atoms with Gasteiger partial charge in [0.05, 0.1) is 17.2 Å². The number of nitrogens with zero attached hydrogens (tertiary/aromatic N) is 1. The summed E-state index contributed by atoms with van der Waals surface area (Å²) in [4.78, 5) is 10.4. The number of rotatable bonds is 5. The van der Waals surface area contributed by atoms with Crippen LogP contribution < -0.4 is 15.9 Å². The molecular formula is C11H11ClF3N3O2. The van der Waals surface area contributed by atoms with E-state index < -0.39 is 17.8 Å². The Hall–Kier alpha value is -1.96. The molecule has 0 aliphatic heterocycles. The molecule has 0 aliphatic rings. The summed E-state index contributed by atoms with van der Waals surface area (Å²) in [5.74, 6) is -0.0593. The van der Waals surface area contributed by atoms with Crippen LogP contribution in [0.25, 0.3) is 0 Å². The Labute approximate surface area is 117 Å². The van der Waals surface area contributed by atoms with E-state index in [0.717, 1.165) is 12.1 Å². The highest BCUT2D eigenvalue weighted by Crippen LogP contribution is 2.31. The fourth-order valence-corrected chi connectivity index (χ4v) is 1.30. The van der Waals surface area contributed by atoms with Gasteiger partial charge in [-0.3, -0.25) is 0 Å². The number of hydrogen-bond acceptors (Lipinski definition) is 3. The number of nitrogens with one attached hydrogen (secondary N) is 1. The van der Waals surface area contributed by atoms with Crippen molar-refractivity contribution in [3.05, 3.63) is 29.8 Å².